The summed E-state index contributed by atoms with van der Waals surface area (Å²) in [6.45, 7) is 6.64. The third kappa shape index (κ3) is 27.4. The Bertz CT molecular complexity index is 24.4. The topological polar surface area (TPSA) is 0 Å². The SMILES string of the molecule is CCC(C)C.Cl.Cl.[AlH3]. The summed E-state index contributed by atoms with van der Waals surface area (Å²) in [5.74, 6) is 0.884. The maximum Gasteiger partial charge on any atom is 0.187 e. The zero-order valence-electron chi connectivity index (χ0n) is 5.10. The normalized spacial score (nSPS) is 6.00. The van der Waals surface area contributed by atoms with Crippen molar-refractivity contribution in [1.29, 1.82) is 0 Å². The molecule has 8 heavy (non-hydrogen) atoms. The molecule has 0 unspecified atom stereocenters. The molecule has 0 saturated carbocycles. The van der Waals surface area contributed by atoms with Gasteiger partial charge < -0.3 is 0 Å². The second-order valence-electron chi connectivity index (χ2n) is 1.80. The van der Waals surface area contributed by atoms with Gasteiger partial charge in [0.2, 0.25) is 0 Å². The summed E-state index contributed by atoms with van der Waals surface area (Å²) in [6, 6.07) is 0. The number of hydrogen-bond donors (Lipinski definition) is 0. The Balaban J connectivity index is -0.0000000267. The minimum absolute atomic E-state index is 0. The van der Waals surface area contributed by atoms with Crippen LogP contribution in [0.4, 0.5) is 0 Å². The molecule has 0 aromatic rings. The van der Waals surface area contributed by atoms with Crippen molar-refractivity contribution in [3.63, 3.8) is 0 Å². The molecule has 0 aliphatic heterocycles. The predicted molar refractivity (Wildman–Crippen MR) is 49.6 cm³/mol. The average Bonchev–Trinajstić information content (AvgIpc) is 1.38. The van der Waals surface area contributed by atoms with E-state index < -0.39 is 0 Å². The zero-order valence-corrected chi connectivity index (χ0v) is 6.73. The molecular weight excluding hydrogens is 158 g/mol. The zero-order chi connectivity index (χ0) is 4.28. The minimum atomic E-state index is 0. The third-order valence-corrected chi connectivity index (χ3v) is 0.816. The van der Waals surface area contributed by atoms with E-state index in [0.717, 1.165) is 5.92 Å². The summed E-state index contributed by atoms with van der Waals surface area (Å²) in [4.78, 5) is 0. The van der Waals surface area contributed by atoms with Crippen LogP contribution < -0.4 is 0 Å². The van der Waals surface area contributed by atoms with E-state index >= 15 is 0 Å². The van der Waals surface area contributed by atoms with Crippen molar-refractivity contribution < 1.29 is 0 Å². The molecule has 0 atom stereocenters. The molecule has 0 aliphatic rings. The first kappa shape index (κ1) is 22.9. The van der Waals surface area contributed by atoms with E-state index in [9.17, 15) is 0 Å². The van der Waals surface area contributed by atoms with Gasteiger partial charge in [0.05, 0.1) is 0 Å². The van der Waals surface area contributed by atoms with Crippen molar-refractivity contribution in [3.05, 3.63) is 0 Å². The van der Waals surface area contributed by atoms with E-state index in [1.165, 1.54) is 6.42 Å². The van der Waals surface area contributed by atoms with Crippen LogP contribution in [0.3, 0.4) is 0 Å². The third-order valence-electron chi connectivity index (χ3n) is 0.816. The fraction of sp³-hybridized carbons (Fsp3) is 1.00. The van der Waals surface area contributed by atoms with Crippen LogP contribution in [0.5, 0.6) is 0 Å². The lowest BCUT2D eigenvalue weighted by molar-refractivity contribution is 0.626. The van der Waals surface area contributed by atoms with Crippen molar-refractivity contribution >= 4 is 42.2 Å². The summed E-state index contributed by atoms with van der Waals surface area (Å²) >= 11 is 0. The van der Waals surface area contributed by atoms with E-state index in [1.807, 2.05) is 0 Å². The Morgan fingerprint density at radius 3 is 1.25 bits per heavy atom. The molecule has 0 rings (SSSR count). The monoisotopic (exact) mass is 174 g/mol. The van der Waals surface area contributed by atoms with Gasteiger partial charge in [0.15, 0.2) is 17.4 Å². The Kier molecular flexibility index (Phi) is 45.0. The molecule has 0 spiro atoms. The van der Waals surface area contributed by atoms with Crippen molar-refractivity contribution in [1.82, 2.24) is 0 Å². The smallest absolute Gasteiger partial charge is 0.147 e. The summed E-state index contributed by atoms with van der Waals surface area (Å²) in [5.41, 5.74) is 0. The molecule has 3 heteroatoms. The van der Waals surface area contributed by atoms with Gasteiger partial charge in [0, 0.05) is 0 Å². The Labute approximate surface area is 75.4 Å². The van der Waals surface area contributed by atoms with E-state index in [1.54, 1.807) is 0 Å². The molecular formula is C5H17AlCl2. The second kappa shape index (κ2) is 15.7. The number of halogens is 2. The van der Waals surface area contributed by atoms with Crippen LogP contribution in [-0.4, -0.2) is 17.4 Å². The predicted octanol–water partition coefficient (Wildman–Crippen LogP) is 1.71. The average molecular weight is 175 g/mol. The highest BCUT2D eigenvalue weighted by molar-refractivity contribution is 5.85. The Morgan fingerprint density at radius 1 is 1.12 bits per heavy atom. The molecule has 0 amide bonds. The minimum Gasteiger partial charge on any atom is -0.147 e. The van der Waals surface area contributed by atoms with Crippen molar-refractivity contribution in [3.8, 4) is 0 Å². The standard InChI is InChI=1S/C5H12.Al.2ClH.3H/c1-4-5(2)3;;;;;;/h5H,4H2,1-3H3;;2*1H;;;. The van der Waals surface area contributed by atoms with Gasteiger partial charge in [0.1, 0.15) is 0 Å². The summed E-state index contributed by atoms with van der Waals surface area (Å²) < 4.78 is 0. The van der Waals surface area contributed by atoms with Gasteiger partial charge in [-0.1, -0.05) is 27.2 Å². The molecule has 0 bridgehead atoms. The molecule has 0 aromatic heterocycles. The number of hydrogen-bond acceptors (Lipinski definition) is 0. The maximum absolute atomic E-state index is 2.22. The van der Waals surface area contributed by atoms with Crippen LogP contribution in [0.1, 0.15) is 27.2 Å². The van der Waals surface area contributed by atoms with Crippen molar-refractivity contribution in [2.24, 2.45) is 5.92 Å². The quantitative estimate of drug-likeness (QED) is 0.532. The van der Waals surface area contributed by atoms with E-state index in [-0.39, 0.29) is 42.2 Å². The first-order valence-corrected chi connectivity index (χ1v) is 2.27. The molecule has 54 valence electrons. The maximum atomic E-state index is 2.22. The van der Waals surface area contributed by atoms with Gasteiger partial charge in [-0.2, -0.15) is 0 Å². The molecule has 0 heterocycles. The Hall–Kier alpha value is 1.11. The van der Waals surface area contributed by atoms with Crippen molar-refractivity contribution in [2.75, 3.05) is 0 Å². The number of rotatable bonds is 1. The van der Waals surface area contributed by atoms with Crippen LogP contribution in [0, 0.1) is 5.92 Å². The van der Waals surface area contributed by atoms with Gasteiger partial charge >= 0.3 is 0 Å². The van der Waals surface area contributed by atoms with Gasteiger partial charge in [-0.15, -0.1) is 24.8 Å². The first-order valence-electron chi connectivity index (χ1n) is 2.27. The lowest BCUT2D eigenvalue weighted by atomic mass is 10.2. The van der Waals surface area contributed by atoms with Crippen molar-refractivity contribution in [2.45, 2.75) is 27.2 Å². The van der Waals surface area contributed by atoms with Crippen LogP contribution in [0.15, 0.2) is 0 Å². The molecule has 0 fully saturated rings. The molecule has 0 saturated heterocycles. The highest BCUT2D eigenvalue weighted by Crippen LogP contribution is 1.93. The van der Waals surface area contributed by atoms with Gasteiger partial charge in [-0.25, -0.2) is 0 Å². The summed E-state index contributed by atoms with van der Waals surface area (Å²) in [6.07, 6.45) is 1.31. The second-order valence-corrected chi connectivity index (χ2v) is 1.80. The van der Waals surface area contributed by atoms with E-state index in [2.05, 4.69) is 20.8 Å². The lowest BCUT2D eigenvalue weighted by Gasteiger charge is -1.90. The van der Waals surface area contributed by atoms with Gasteiger partial charge in [-0.05, 0) is 5.92 Å². The molecule has 0 radical (unpaired) electrons. The van der Waals surface area contributed by atoms with Crippen LogP contribution in [0.25, 0.3) is 0 Å². The Morgan fingerprint density at radius 2 is 1.25 bits per heavy atom. The van der Waals surface area contributed by atoms with E-state index in [4.69, 9.17) is 0 Å². The lowest BCUT2D eigenvalue weighted by Crippen LogP contribution is -1.77. The van der Waals surface area contributed by atoms with Crippen LogP contribution >= 0.6 is 24.8 Å². The van der Waals surface area contributed by atoms with E-state index in [0.29, 0.717) is 0 Å². The van der Waals surface area contributed by atoms with Crippen LogP contribution in [-0.2, 0) is 0 Å². The fourth-order valence-electron chi connectivity index (χ4n) is 0. The molecule has 0 aromatic carbocycles. The summed E-state index contributed by atoms with van der Waals surface area (Å²) in [5, 5.41) is 0. The summed E-state index contributed by atoms with van der Waals surface area (Å²) in [7, 11) is 0. The highest BCUT2D eigenvalue weighted by Gasteiger charge is 1.80. The van der Waals surface area contributed by atoms with Gasteiger partial charge in [-0.3, -0.25) is 0 Å². The first-order chi connectivity index (χ1) is 2.27. The molecule has 0 N–H and O–H groups in total. The van der Waals surface area contributed by atoms with Crippen LogP contribution in [0.2, 0.25) is 0 Å². The largest absolute Gasteiger partial charge is 0.187 e. The fourth-order valence-corrected chi connectivity index (χ4v) is 0. The highest BCUT2D eigenvalue weighted by atomic mass is 35.5. The van der Waals surface area contributed by atoms with Gasteiger partial charge in [0.25, 0.3) is 0 Å². The molecule has 0 aliphatic carbocycles. The molecule has 0 nitrogen and oxygen atoms in total.